The molecule has 7 heteroatoms. The average molecular weight is 339 g/mol. The third kappa shape index (κ3) is 4.68. The van der Waals surface area contributed by atoms with Crippen LogP contribution in [0, 0.1) is 0 Å². The van der Waals surface area contributed by atoms with Gasteiger partial charge in [0.25, 0.3) is 5.91 Å². The van der Waals surface area contributed by atoms with Gasteiger partial charge in [0.15, 0.2) is 0 Å². The maximum absolute atomic E-state index is 12.2. The number of nitrogens with zero attached hydrogens (tertiary/aromatic N) is 1. The van der Waals surface area contributed by atoms with Crippen LogP contribution in [0.25, 0.3) is 0 Å². The van der Waals surface area contributed by atoms with Gasteiger partial charge in [-0.15, -0.1) is 0 Å². The van der Waals surface area contributed by atoms with Gasteiger partial charge in [-0.05, 0) is 49.6 Å². The minimum absolute atomic E-state index is 0.123. The molecule has 0 saturated heterocycles. The zero-order chi connectivity index (χ0) is 16.9. The lowest BCUT2D eigenvalue weighted by atomic mass is 10.0. The smallest absolute Gasteiger partial charge is 0.251 e. The van der Waals surface area contributed by atoms with Crippen molar-refractivity contribution in [1.29, 1.82) is 0 Å². The third-order valence-corrected chi connectivity index (χ3v) is 5.01. The van der Waals surface area contributed by atoms with Crippen LogP contribution in [0.5, 0.6) is 0 Å². The Hall–Kier alpha value is -1.60. The van der Waals surface area contributed by atoms with Crippen molar-refractivity contribution in [1.82, 2.24) is 10.6 Å². The predicted octanol–water partition coefficient (Wildman–Crippen LogP) is 1.13. The maximum Gasteiger partial charge on any atom is 0.251 e. The van der Waals surface area contributed by atoms with Crippen LogP contribution in [-0.2, 0) is 16.4 Å². The number of carbonyl (C=O) groups is 1. The Morgan fingerprint density at radius 2 is 2.04 bits per heavy atom. The lowest BCUT2D eigenvalue weighted by Crippen LogP contribution is -2.35. The Morgan fingerprint density at radius 1 is 1.26 bits per heavy atom. The molecule has 6 nitrogen and oxygen atoms in total. The third-order valence-electron chi connectivity index (χ3n) is 3.83. The van der Waals surface area contributed by atoms with E-state index in [0.29, 0.717) is 24.3 Å². The molecule has 0 atom stereocenters. The zero-order valence-corrected chi connectivity index (χ0v) is 14.6. The number of aryl methyl sites for hydroxylation is 1. The van der Waals surface area contributed by atoms with Crippen LogP contribution < -0.4 is 14.9 Å². The van der Waals surface area contributed by atoms with E-state index in [2.05, 4.69) is 17.6 Å². The molecule has 0 radical (unpaired) electrons. The highest BCUT2D eigenvalue weighted by Crippen LogP contribution is 2.29. The van der Waals surface area contributed by atoms with Crippen molar-refractivity contribution in [3.63, 3.8) is 0 Å². The van der Waals surface area contributed by atoms with E-state index in [1.54, 1.807) is 12.1 Å². The summed E-state index contributed by atoms with van der Waals surface area (Å²) in [4.78, 5) is 12.2. The summed E-state index contributed by atoms with van der Waals surface area (Å²) in [5, 5.41) is 6.10. The van der Waals surface area contributed by atoms with Crippen molar-refractivity contribution in [3.05, 3.63) is 29.3 Å². The number of hydrogen-bond donors (Lipinski definition) is 2. The van der Waals surface area contributed by atoms with Gasteiger partial charge in [-0.25, -0.2) is 8.42 Å². The normalized spacial score (nSPS) is 14.4. The van der Waals surface area contributed by atoms with Crippen LogP contribution >= 0.6 is 0 Å². The monoisotopic (exact) mass is 339 g/mol. The number of anilines is 1. The Morgan fingerprint density at radius 3 is 2.74 bits per heavy atom. The van der Waals surface area contributed by atoms with Gasteiger partial charge in [0.05, 0.1) is 11.9 Å². The molecule has 2 rings (SSSR count). The summed E-state index contributed by atoms with van der Waals surface area (Å²) in [5.74, 6) is -0.123. The van der Waals surface area contributed by atoms with Gasteiger partial charge in [-0.3, -0.25) is 9.10 Å². The maximum atomic E-state index is 12.2. The molecule has 1 heterocycles. The van der Waals surface area contributed by atoms with E-state index >= 15 is 0 Å². The second kappa shape index (κ2) is 7.79. The molecule has 1 aliphatic rings. The molecule has 1 aliphatic heterocycles. The van der Waals surface area contributed by atoms with Gasteiger partial charge in [-0.1, -0.05) is 6.92 Å². The fourth-order valence-corrected chi connectivity index (χ4v) is 3.71. The van der Waals surface area contributed by atoms with Crippen LogP contribution in [0.3, 0.4) is 0 Å². The molecule has 0 aromatic heterocycles. The summed E-state index contributed by atoms with van der Waals surface area (Å²) in [5.41, 5.74) is 2.19. The highest BCUT2D eigenvalue weighted by molar-refractivity contribution is 7.92. The van der Waals surface area contributed by atoms with Gasteiger partial charge in [0.1, 0.15) is 0 Å². The number of amides is 1. The molecule has 128 valence electrons. The summed E-state index contributed by atoms with van der Waals surface area (Å²) in [6, 6.07) is 5.23. The van der Waals surface area contributed by atoms with Crippen molar-refractivity contribution < 1.29 is 13.2 Å². The number of fused-ring (bicyclic) bond motifs is 1. The quantitative estimate of drug-likeness (QED) is 0.730. The van der Waals surface area contributed by atoms with E-state index in [-0.39, 0.29) is 5.91 Å². The topological polar surface area (TPSA) is 78.5 Å². The minimum atomic E-state index is -3.27. The molecular weight excluding hydrogens is 314 g/mol. The number of hydrogen-bond acceptors (Lipinski definition) is 4. The Bertz CT molecular complexity index is 659. The van der Waals surface area contributed by atoms with Crippen LogP contribution in [-0.4, -0.2) is 46.8 Å². The van der Waals surface area contributed by atoms with Gasteiger partial charge >= 0.3 is 0 Å². The summed E-state index contributed by atoms with van der Waals surface area (Å²) >= 11 is 0. The molecule has 0 spiro atoms. The lowest BCUT2D eigenvalue weighted by molar-refractivity contribution is 0.0954. The zero-order valence-electron chi connectivity index (χ0n) is 13.8. The second-order valence-electron chi connectivity index (χ2n) is 5.79. The van der Waals surface area contributed by atoms with E-state index in [1.165, 1.54) is 10.6 Å². The molecule has 0 aliphatic carbocycles. The molecule has 2 N–H and O–H groups in total. The van der Waals surface area contributed by atoms with Crippen LogP contribution in [0.1, 0.15) is 35.7 Å². The van der Waals surface area contributed by atoms with Gasteiger partial charge < -0.3 is 10.6 Å². The summed E-state index contributed by atoms with van der Waals surface area (Å²) in [6.45, 7) is 4.85. The van der Waals surface area contributed by atoms with Gasteiger partial charge in [0.2, 0.25) is 10.0 Å². The first-order valence-corrected chi connectivity index (χ1v) is 9.88. The van der Waals surface area contributed by atoms with Crippen molar-refractivity contribution in [2.75, 3.05) is 36.7 Å². The summed E-state index contributed by atoms with van der Waals surface area (Å²) in [6.07, 6.45) is 3.84. The Kier molecular flexibility index (Phi) is 6.01. The molecule has 0 unspecified atom stereocenters. The molecule has 0 fully saturated rings. The number of benzene rings is 1. The van der Waals surface area contributed by atoms with Gasteiger partial charge in [0, 0.05) is 25.2 Å². The molecule has 1 aromatic carbocycles. The molecular formula is C16H25N3O3S. The van der Waals surface area contributed by atoms with E-state index < -0.39 is 10.0 Å². The molecule has 0 saturated carbocycles. The summed E-state index contributed by atoms with van der Waals surface area (Å²) in [7, 11) is -3.27. The highest BCUT2D eigenvalue weighted by atomic mass is 32.2. The molecule has 1 amide bonds. The fraction of sp³-hybridized carbons (Fsp3) is 0.562. The van der Waals surface area contributed by atoms with Crippen LogP contribution in [0.4, 0.5) is 5.69 Å². The Labute approximate surface area is 138 Å². The standard InChI is InChI=1S/C16H25N3O3S/c1-3-8-17-9-10-18-16(20)14-6-7-15-13(12-14)5-4-11-19(15)23(2,21)22/h6-7,12,17H,3-5,8-11H2,1-2H3,(H,18,20). The van der Waals surface area contributed by atoms with E-state index in [4.69, 9.17) is 0 Å². The average Bonchev–Trinajstić information content (AvgIpc) is 2.52. The van der Waals surface area contributed by atoms with Crippen molar-refractivity contribution in [2.45, 2.75) is 26.2 Å². The first kappa shape index (κ1) is 17.7. The molecule has 0 bridgehead atoms. The van der Waals surface area contributed by atoms with Crippen LogP contribution in [0.2, 0.25) is 0 Å². The van der Waals surface area contributed by atoms with E-state index in [0.717, 1.165) is 37.9 Å². The largest absolute Gasteiger partial charge is 0.351 e. The SMILES string of the molecule is CCCNCCNC(=O)c1ccc2c(c1)CCCN2S(C)(=O)=O. The van der Waals surface area contributed by atoms with Gasteiger partial charge in [-0.2, -0.15) is 0 Å². The van der Waals surface area contributed by atoms with Crippen LogP contribution in [0.15, 0.2) is 18.2 Å². The highest BCUT2D eigenvalue weighted by Gasteiger charge is 2.24. The first-order chi connectivity index (χ1) is 10.9. The predicted molar refractivity (Wildman–Crippen MR) is 92.4 cm³/mol. The number of carbonyl (C=O) groups excluding carboxylic acids is 1. The Balaban J connectivity index is 2.04. The summed E-state index contributed by atoms with van der Waals surface area (Å²) < 4.78 is 25.1. The molecule has 1 aromatic rings. The number of nitrogens with one attached hydrogen (secondary N) is 2. The van der Waals surface area contributed by atoms with Crippen molar-refractivity contribution in [3.8, 4) is 0 Å². The number of sulfonamides is 1. The fourth-order valence-electron chi connectivity index (χ4n) is 2.72. The molecule has 23 heavy (non-hydrogen) atoms. The number of rotatable bonds is 7. The first-order valence-electron chi connectivity index (χ1n) is 8.03. The second-order valence-corrected chi connectivity index (χ2v) is 7.69. The minimum Gasteiger partial charge on any atom is -0.351 e. The van der Waals surface area contributed by atoms with Crippen molar-refractivity contribution >= 4 is 21.6 Å². The van der Waals surface area contributed by atoms with E-state index in [1.807, 2.05) is 6.07 Å². The van der Waals surface area contributed by atoms with E-state index in [9.17, 15) is 13.2 Å². The lowest BCUT2D eigenvalue weighted by Gasteiger charge is -2.29. The van der Waals surface area contributed by atoms with Crippen molar-refractivity contribution in [2.24, 2.45) is 0 Å².